The van der Waals surface area contributed by atoms with Gasteiger partial charge in [-0.25, -0.2) is 8.42 Å². The number of rotatable bonds is 19. The second kappa shape index (κ2) is 20.5. The molecule has 0 aliphatic carbocycles. The molecular formula is C21H37NaO7S. The van der Waals surface area contributed by atoms with E-state index >= 15 is 0 Å². The first-order valence-corrected chi connectivity index (χ1v) is 12.2. The van der Waals surface area contributed by atoms with Gasteiger partial charge in [0.15, 0.2) is 5.25 Å². The molecule has 170 valence electrons. The monoisotopic (exact) mass is 456 g/mol. The van der Waals surface area contributed by atoms with Gasteiger partial charge >= 0.3 is 41.5 Å². The van der Waals surface area contributed by atoms with Gasteiger partial charge in [-0.05, 0) is 12.8 Å². The van der Waals surface area contributed by atoms with Gasteiger partial charge in [0, 0.05) is 0 Å². The largest absolute Gasteiger partial charge is 1.00 e. The Bertz CT molecular complexity index is 564. The van der Waals surface area contributed by atoms with Gasteiger partial charge in [-0.1, -0.05) is 77.2 Å². The third-order valence-electron chi connectivity index (χ3n) is 4.54. The molecule has 0 amide bonds. The minimum atomic E-state index is -5.00. The molecule has 0 spiro atoms. The molecule has 0 saturated heterocycles. The molecule has 7 nitrogen and oxygen atoms in total. The van der Waals surface area contributed by atoms with Crippen molar-refractivity contribution in [2.45, 2.75) is 95.6 Å². The second-order valence-electron chi connectivity index (χ2n) is 7.19. The summed E-state index contributed by atoms with van der Waals surface area (Å²) in [5, 5.41) is -2.06. The van der Waals surface area contributed by atoms with Crippen LogP contribution in [0.3, 0.4) is 0 Å². The first-order valence-electron chi connectivity index (χ1n) is 10.7. The van der Waals surface area contributed by atoms with Crippen LogP contribution in [0, 0.1) is 0 Å². The molecule has 0 aromatic heterocycles. The average molecular weight is 457 g/mol. The molecule has 0 aromatic carbocycles. The van der Waals surface area contributed by atoms with E-state index < -0.39 is 33.7 Å². The first kappa shape index (κ1) is 31.8. The summed E-state index contributed by atoms with van der Waals surface area (Å²) in [4.78, 5) is 23.5. The summed E-state index contributed by atoms with van der Waals surface area (Å²) in [6.45, 7) is 5.71. The van der Waals surface area contributed by atoms with Crippen LogP contribution >= 0.6 is 0 Å². The molecule has 0 bridgehead atoms. The zero-order valence-corrected chi connectivity index (χ0v) is 21.6. The average Bonchev–Trinajstić information content (AvgIpc) is 2.66. The van der Waals surface area contributed by atoms with Crippen molar-refractivity contribution in [1.29, 1.82) is 0 Å². The molecule has 0 rings (SSSR count). The molecule has 1 unspecified atom stereocenters. The van der Waals surface area contributed by atoms with Gasteiger partial charge in [0.1, 0.15) is 10.1 Å². The molecule has 30 heavy (non-hydrogen) atoms. The SMILES string of the molecule is C=CCCOC(=O)CC(C(=O)OCCCCCCCCCCCCC)S(=O)(=O)[O-].[Na+]. The van der Waals surface area contributed by atoms with Crippen molar-refractivity contribution in [3.05, 3.63) is 12.7 Å². The van der Waals surface area contributed by atoms with Crippen molar-refractivity contribution in [2.24, 2.45) is 0 Å². The molecule has 0 N–H and O–H groups in total. The number of ether oxygens (including phenoxy) is 2. The standard InChI is InChI=1S/C21H38O7S.Na/c1-3-5-7-8-9-10-11-12-13-14-15-17-28-21(23)19(29(24,25)26)18-20(22)27-16-6-4-2;/h4,19H,2-3,5-18H2,1H3,(H,24,25,26);/q;+1/p-1. The number of esters is 2. The van der Waals surface area contributed by atoms with Crippen molar-refractivity contribution >= 4 is 22.1 Å². The second-order valence-corrected chi connectivity index (χ2v) is 8.74. The van der Waals surface area contributed by atoms with E-state index in [2.05, 4.69) is 13.5 Å². The van der Waals surface area contributed by atoms with Gasteiger partial charge in [0.2, 0.25) is 0 Å². The van der Waals surface area contributed by atoms with Crippen LogP contribution in [0.4, 0.5) is 0 Å². The molecule has 0 aliphatic rings. The molecule has 0 saturated carbocycles. The maximum Gasteiger partial charge on any atom is 1.00 e. The fraction of sp³-hybridized carbons (Fsp3) is 0.810. The van der Waals surface area contributed by atoms with Crippen LogP contribution in [0.2, 0.25) is 0 Å². The summed E-state index contributed by atoms with van der Waals surface area (Å²) in [5.41, 5.74) is 0. The molecule has 0 fully saturated rings. The van der Waals surface area contributed by atoms with Gasteiger partial charge in [-0.3, -0.25) is 9.59 Å². The van der Waals surface area contributed by atoms with E-state index in [9.17, 15) is 22.6 Å². The minimum Gasteiger partial charge on any atom is -0.747 e. The zero-order chi connectivity index (χ0) is 22.0. The van der Waals surface area contributed by atoms with Gasteiger partial charge < -0.3 is 14.0 Å². The first-order chi connectivity index (χ1) is 13.8. The fourth-order valence-electron chi connectivity index (χ4n) is 2.80. The van der Waals surface area contributed by atoms with Gasteiger partial charge in [-0.15, -0.1) is 6.58 Å². The number of unbranched alkanes of at least 4 members (excludes halogenated alkanes) is 10. The molecule has 9 heteroatoms. The Balaban J connectivity index is 0. The van der Waals surface area contributed by atoms with E-state index in [4.69, 9.17) is 9.47 Å². The van der Waals surface area contributed by atoms with E-state index in [1.165, 1.54) is 51.0 Å². The van der Waals surface area contributed by atoms with Crippen molar-refractivity contribution in [1.82, 2.24) is 0 Å². The number of carbonyl (C=O) groups excluding carboxylic acids is 2. The summed E-state index contributed by atoms with van der Waals surface area (Å²) in [5.74, 6) is -2.12. The number of hydrogen-bond acceptors (Lipinski definition) is 7. The number of hydrogen-bond donors (Lipinski definition) is 0. The predicted octanol–water partition coefficient (Wildman–Crippen LogP) is 1.27. The van der Waals surface area contributed by atoms with Crippen molar-refractivity contribution in [3.8, 4) is 0 Å². The van der Waals surface area contributed by atoms with Gasteiger partial charge in [0.05, 0.1) is 19.6 Å². The summed E-state index contributed by atoms with van der Waals surface area (Å²) in [6.07, 6.45) is 13.6. The molecule has 0 radical (unpaired) electrons. The topological polar surface area (TPSA) is 110 Å². The van der Waals surface area contributed by atoms with E-state index in [0.29, 0.717) is 12.8 Å². The Labute approximate surface area is 204 Å². The maximum absolute atomic E-state index is 11.9. The van der Waals surface area contributed by atoms with Crippen molar-refractivity contribution in [2.75, 3.05) is 13.2 Å². The smallest absolute Gasteiger partial charge is 0.747 e. The van der Waals surface area contributed by atoms with Crippen LogP contribution in [0.15, 0.2) is 12.7 Å². The van der Waals surface area contributed by atoms with E-state index in [1.807, 2.05) is 0 Å². The summed E-state index contributed by atoms with van der Waals surface area (Å²) in [6, 6.07) is 0. The maximum atomic E-state index is 11.9. The third-order valence-corrected chi connectivity index (χ3v) is 5.60. The molecule has 1 atom stereocenters. The zero-order valence-electron chi connectivity index (χ0n) is 18.7. The summed E-state index contributed by atoms with van der Waals surface area (Å²) >= 11 is 0. The van der Waals surface area contributed by atoms with E-state index in [0.717, 1.165) is 19.3 Å². The van der Waals surface area contributed by atoms with Gasteiger partial charge in [0.25, 0.3) is 0 Å². The Morgan fingerprint density at radius 3 is 1.87 bits per heavy atom. The molecular weight excluding hydrogens is 419 g/mol. The van der Waals surface area contributed by atoms with Crippen LogP contribution in [0.5, 0.6) is 0 Å². The molecule has 0 aliphatic heterocycles. The quantitative estimate of drug-likeness (QED) is 0.0946. The summed E-state index contributed by atoms with van der Waals surface area (Å²) < 4.78 is 43.5. The van der Waals surface area contributed by atoms with Crippen LogP contribution in [0.25, 0.3) is 0 Å². The van der Waals surface area contributed by atoms with Crippen LogP contribution < -0.4 is 29.6 Å². The Morgan fingerprint density at radius 1 is 0.900 bits per heavy atom. The van der Waals surface area contributed by atoms with E-state index in [-0.39, 0.29) is 42.8 Å². The fourth-order valence-corrected chi connectivity index (χ4v) is 3.45. The minimum absolute atomic E-state index is 0. The predicted molar refractivity (Wildman–Crippen MR) is 111 cm³/mol. The van der Waals surface area contributed by atoms with Crippen LogP contribution in [-0.2, 0) is 29.2 Å². The van der Waals surface area contributed by atoms with Crippen molar-refractivity contribution in [3.63, 3.8) is 0 Å². The Morgan fingerprint density at radius 2 is 1.40 bits per heavy atom. The molecule has 0 heterocycles. The van der Waals surface area contributed by atoms with Crippen LogP contribution in [-0.4, -0.2) is 43.4 Å². The third kappa shape index (κ3) is 18.4. The summed E-state index contributed by atoms with van der Waals surface area (Å²) in [7, 11) is -5.00. The van der Waals surface area contributed by atoms with Crippen LogP contribution in [0.1, 0.15) is 90.4 Å². The Kier molecular flexibility index (Phi) is 21.7. The normalized spacial score (nSPS) is 11.9. The number of carbonyl (C=O) groups is 2. The van der Waals surface area contributed by atoms with E-state index in [1.54, 1.807) is 0 Å². The Hall–Kier alpha value is -0.410. The van der Waals surface area contributed by atoms with Gasteiger partial charge in [-0.2, -0.15) is 0 Å². The molecule has 0 aromatic rings. The van der Waals surface area contributed by atoms with Crippen molar-refractivity contribution < 1.29 is 61.6 Å².